The summed E-state index contributed by atoms with van der Waals surface area (Å²) in [5, 5.41) is 2.93. The second-order valence-corrected chi connectivity index (χ2v) is 8.10. The van der Waals surface area contributed by atoms with Crippen LogP contribution < -0.4 is 14.8 Å². The van der Waals surface area contributed by atoms with Crippen LogP contribution in [0.25, 0.3) is 0 Å². The van der Waals surface area contributed by atoms with Crippen molar-refractivity contribution in [2.24, 2.45) is 0 Å². The van der Waals surface area contributed by atoms with Crippen molar-refractivity contribution in [2.45, 2.75) is 53.2 Å². The number of anilines is 1. The van der Waals surface area contributed by atoms with Gasteiger partial charge in [-0.3, -0.25) is 9.78 Å². The molecule has 0 aliphatic heterocycles. The van der Waals surface area contributed by atoms with Crippen molar-refractivity contribution >= 4 is 11.6 Å². The van der Waals surface area contributed by atoms with Crippen LogP contribution in [0.1, 0.15) is 62.0 Å². The number of rotatable bonds is 10. The molecule has 174 valence electrons. The minimum atomic E-state index is -0.224. The van der Waals surface area contributed by atoms with Gasteiger partial charge < -0.3 is 19.5 Å². The molecule has 3 aromatic rings. The van der Waals surface area contributed by atoms with Crippen LogP contribution in [-0.2, 0) is 4.74 Å². The average molecular weight is 449 g/mol. The van der Waals surface area contributed by atoms with Gasteiger partial charge >= 0.3 is 0 Å². The zero-order chi connectivity index (χ0) is 23.8. The molecule has 1 atom stereocenters. The van der Waals surface area contributed by atoms with Crippen LogP contribution in [0.3, 0.4) is 0 Å². The van der Waals surface area contributed by atoms with E-state index in [0.29, 0.717) is 35.1 Å². The third kappa shape index (κ3) is 7.05. The van der Waals surface area contributed by atoms with E-state index in [1.165, 1.54) is 0 Å². The Hall–Kier alpha value is -3.38. The number of aryl methyl sites for hydroxylation is 1. The van der Waals surface area contributed by atoms with Gasteiger partial charge in [0.15, 0.2) is 0 Å². The standard InChI is InChI=1S/C27H32N2O4/c1-6-16-31-22-10-12-23(13-11-22)33-24-9-7-8-21(17-24)29-27(30)25-14-15-26(28-19(25)4)20(5)32-18(2)3/h7-15,17-18,20H,6,16H2,1-5H3,(H,29,30). The fourth-order valence-corrected chi connectivity index (χ4v) is 3.32. The Morgan fingerprint density at radius 1 is 0.970 bits per heavy atom. The van der Waals surface area contributed by atoms with Crippen molar-refractivity contribution in [3.63, 3.8) is 0 Å². The minimum Gasteiger partial charge on any atom is -0.494 e. The minimum absolute atomic E-state index is 0.104. The molecule has 6 nitrogen and oxygen atoms in total. The van der Waals surface area contributed by atoms with Crippen LogP contribution in [0.5, 0.6) is 17.2 Å². The summed E-state index contributed by atoms with van der Waals surface area (Å²) in [6.07, 6.45) is 0.927. The predicted molar refractivity (Wildman–Crippen MR) is 130 cm³/mol. The number of ether oxygens (including phenoxy) is 3. The fourth-order valence-electron chi connectivity index (χ4n) is 3.32. The Morgan fingerprint density at radius 3 is 2.36 bits per heavy atom. The fraction of sp³-hybridized carbons (Fsp3) is 0.333. The van der Waals surface area contributed by atoms with E-state index in [4.69, 9.17) is 14.2 Å². The largest absolute Gasteiger partial charge is 0.494 e. The highest BCUT2D eigenvalue weighted by molar-refractivity contribution is 6.05. The van der Waals surface area contributed by atoms with Crippen molar-refractivity contribution in [1.82, 2.24) is 4.98 Å². The molecule has 1 N–H and O–H groups in total. The highest BCUT2D eigenvalue weighted by Gasteiger charge is 2.15. The van der Waals surface area contributed by atoms with E-state index in [1.807, 2.05) is 76.2 Å². The Labute approximate surface area is 195 Å². The van der Waals surface area contributed by atoms with Gasteiger partial charge in [0.05, 0.1) is 35.8 Å². The van der Waals surface area contributed by atoms with Gasteiger partial charge in [-0.15, -0.1) is 0 Å². The number of nitrogens with one attached hydrogen (secondary N) is 1. The molecule has 0 saturated heterocycles. The zero-order valence-electron chi connectivity index (χ0n) is 19.9. The SMILES string of the molecule is CCCOc1ccc(Oc2cccc(NC(=O)c3ccc(C(C)OC(C)C)nc3C)c2)cc1. The summed E-state index contributed by atoms with van der Waals surface area (Å²) < 4.78 is 17.3. The highest BCUT2D eigenvalue weighted by Crippen LogP contribution is 2.26. The summed E-state index contributed by atoms with van der Waals surface area (Å²) in [4.78, 5) is 17.4. The molecule has 0 aliphatic rings. The molecule has 33 heavy (non-hydrogen) atoms. The van der Waals surface area contributed by atoms with Crippen LogP contribution in [0.2, 0.25) is 0 Å². The van der Waals surface area contributed by atoms with Crippen molar-refractivity contribution in [1.29, 1.82) is 0 Å². The molecule has 0 bridgehead atoms. The van der Waals surface area contributed by atoms with E-state index in [0.717, 1.165) is 17.9 Å². The number of pyridine rings is 1. The number of carbonyl (C=O) groups is 1. The van der Waals surface area contributed by atoms with Gasteiger partial charge in [0.25, 0.3) is 5.91 Å². The van der Waals surface area contributed by atoms with E-state index in [2.05, 4.69) is 17.2 Å². The van der Waals surface area contributed by atoms with Crippen LogP contribution >= 0.6 is 0 Å². The zero-order valence-corrected chi connectivity index (χ0v) is 19.9. The predicted octanol–water partition coefficient (Wildman–Crippen LogP) is 6.71. The second kappa shape index (κ2) is 11.5. The lowest BCUT2D eigenvalue weighted by Crippen LogP contribution is -2.16. The van der Waals surface area contributed by atoms with Crippen LogP contribution in [-0.4, -0.2) is 23.6 Å². The van der Waals surface area contributed by atoms with Crippen molar-refractivity contribution in [2.75, 3.05) is 11.9 Å². The molecule has 0 radical (unpaired) electrons. The summed E-state index contributed by atoms with van der Waals surface area (Å²) in [5.74, 6) is 1.90. The summed E-state index contributed by atoms with van der Waals surface area (Å²) >= 11 is 0. The van der Waals surface area contributed by atoms with Gasteiger partial charge in [-0.1, -0.05) is 13.0 Å². The third-order valence-corrected chi connectivity index (χ3v) is 4.87. The van der Waals surface area contributed by atoms with Crippen LogP contribution in [0.4, 0.5) is 5.69 Å². The van der Waals surface area contributed by atoms with Gasteiger partial charge in [-0.25, -0.2) is 0 Å². The molecule has 0 aliphatic carbocycles. The van der Waals surface area contributed by atoms with Crippen molar-refractivity contribution < 1.29 is 19.0 Å². The highest BCUT2D eigenvalue weighted by atomic mass is 16.5. The molecule has 0 fully saturated rings. The van der Waals surface area contributed by atoms with Crippen LogP contribution in [0, 0.1) is 6.92 Å². The molecule has 6 heteroatoms. The lowest BCUT2D eigenvalue weighted by molar-refractivity contribution is 0.0154. The van der Waals surface area contributed by atoms with Gasteiger partial charge in [0.2, 0.25) is 0 Å². The number of amides is 1. The molecule has 3 rings (SSSR count). The quantitative estimate of drug-likeness (QED) is 0.373. The van der Waals surface area contributed by atoms with Gasteiger partial charge in [0.1, 0.15) is 17.2 Å². The molecule has 2 aromatic carbocycles. The average Bonchev–Trinajstić information content (AvgIpc) is 2.78. The van der Waals surface area contributed by atoms with Gasteiger partial charge in [-0.2, -0.15) is 0 Å². The molecule has 0 spiro atoms. The van der Waals surface area contributed by atoms with E-state index in [-0.39, 0.29) is 18.1 Å². The maximum atomic E-state index is 12.9. The summed E-state index contributed by atoms with van der Waals surface area (Å²) in [7, 11) is 0. The van der Waals surface area contributed by atoms with Gasteiger partial charge in [0, 0.05) is 11.8 Å². The number of hydrogen-bond acceptors (Lipinski definition) is 5. The maximum absolute atomic E-state index is 12.9. The number of aromatic nitrogens is 1. The lowest BCUT2D eigenvalue weighted by Gasteiger charge is -2.17. The summed E-state index contributed by atoms with van der Waals surface area (Å²) in [5.41, 5.74) is 2.62. The monoisotopic (exact) mass is 448 g/mol. The molecule has 1 amide bonds. The first-order valence-electron chi connectivity index (χ1n) is 11.3. The van der Waals surface area contributed by atoms with E-state index < -0.39 is 0 Å². The van der Waals surface area contributed by atoms with E-state index in [9.17, 15) is 4.79 Å². The van der Waals surface area contributed by atoms with Crippen molar-refractivity contribution in [3.8, 4) is 17.2 Å². The summed E-state index contributed by atoms with van der Waals surface area (Å²) in [6.45, 7) is 10.5. The number of nitrogens with zero attached hydrogens (tertiary/aromatic N) is 1. The molecule has 1 heterocycles. The Bertz CT molecular complexity index is 1060. The van der Waals surface area contributed by atoms with E-state index >= 15 is 0 Å². The molecule has 0 saturated carbocycles. The Balaban J connectivity index is 1.65. The Kier molecular flexibility index (Phi) is 8.44. The smallest absolute Gasteiger partial charge is 0.257 e. The molecular weight excluding hydrogens is 416 g/mol. The summed E-state index contributed by atoms with van der Waals surface area (Å²) in [6, 6.07) is 18.4. The van der Waals surface area contributed by atoms with Gasteiger partial charge in [-0.05, 0) is 82.6 Å². The lowest BCUT2D eigenvalue weighted by atomic mass is 10.1. The normalized spacial score (nSPS) is 11.8. The molecule has 1 aromatic heterocycles. The van der Waals surface area contributed by atoms with Crippen LogP contribution in [0.15, 0.2) is 60.7 Å². The Morgan fingerprint density at radius 2 is 1.70 bits per heavy atom. The number of benzene rings is 2. The number of hydrogen-bond donors (Lipinski definition) is 1. The molecular formula is C27H32N2O4. The van der Waals surface area contributed by atoms with E-state index in [1.54, 1.807) is 12.1 Å². The maximum Gasteiger partial charge on any atom is 0.257 e. The van der Waals surface area contributed by atoms with Crippen molar-refractivity contribution in [3.05, 3.63) is 77.6 Å². The first kappa shape index (κ1) is 24.3. The third-order valence-electron chi connectivity index (χ3n) is 4.87. The number of carbonyl (C=O) groups excluding carboxylic acids is 1. The topological polar surface area (TPSA) is 69.7 Å². The second-order valence-electron chi connectivity index (χ2n) is 8.10. The molecule has 1 unspecified atom stereocenters. The first-order chi connectivity index (χ1) is 15.9. The first-order valence-corrected chi connectivity index (χ1v) is 11.3.